The maximum Gasteiger partial charge on any atom is 0.253 e. The van der Waals surface area contributed by atoms with Crippen LogP contribution in [0.25, 0.3) is 0 Å². The molecule has 0 aliphatic carbocycles. The minimum atomic E-state index is 0.114. The Morgan fingerprint density at radius 2 is 1.74 bits per heavy atom. The van der Waals surface area contributed by atoms with Gasteiger partial charge in [-0.25, -0.2) is 0 Å². The summed E-state index contributed by atoms with van der Waals surface area (Å²) in [5.41, 5.74) is 0.752. The second kappa shape index (κ2) is 7.65. The molecule has 0 aliphatic heterocycles. The summed E-state index contributed by atoms with van der Waals surface area (Å²) in [5, 5.41) is 0. The van der Waals surface area contributed by atoms with Crippen LogP contribution in [0.4, 0.5) is 0 Å². The Kier molecular flexibility index (Phi) is 6.52. The number of likely N-dealkylation sites (N-methyl/N-ethyl adjacent to an activating group) is 1. The molecule has 0 radical (unpaired) electrons. The zero-order valence-corrected chi connectivity index (χ0v) is 13.8. The van der Waals surface area contributed by atoms with Crippen LogP contribution in [0.2, 0.25) is 0 Å². The Morgan fingerprint density at radius 1 is 1.16 bits per heavy atom. The highest BCUT2D eigenvalue weighted by atomic mass is 79.9. The summed E-state index contributed by atoms with van der Waals surface area (Å²) in [6.07, 6.45) is 0. The molecule has 0 N–H and O–H groups in total. The first-order chi connectivity index (χ1) is 8.90. The van der Waals surface area contributed by atoms with Gasteiger partial charge in [-0.1, -0.05) is 29.8 Å². The van der Waals surface area contributed by atoms with Crippen LogP contribution in [0, 0.1) is 5.92 Å². The van der Waals surface area contributed by atoms with Gasteiger partial charge in [-0.05, 0) is 44.3 Å². The quantitative estimate of drug-likeness (QED) is 0.801. The van der Waals surface area contributed by atoms with Crippen molar-refractivity contribution >= 4 is 21.8 Å². The molecule has 19 heavy (non-hydrogen) atoms. The molecule has 1 amide bonds. The lowest BCUT2D eigenvalue weighted by molar-refractivity contribution is 0.0724. The molecule has 0 atom stereocenters. The molecule has 0 unspecified atom stereocenters. The van der Waals surface area contributed by atoms with Crippen molar-refractivity contribution in [1.82, 2.24) is 9.80 Å². The average molecular weight is 327 g/mol. The van der Waals surface area contributed by atoms with Gasteiger partial charge in [-0.3, -0.25) is 4.79 Å². The second-order valence-electron chi connectivity index (χ2n) is 5.46. The minimum absolute atomic E-state index is 0.114. The monoisotopic (exact) mass is 326 g/mol. The number of carbonyl (C=O) groups excluding carboxylic acids is 1. The topological polar surface area (TPSA) is 23.6 Å². The Labute approximate surface area is 124 Å². The highest BCUT2D eigenvalue weighted by Crippen LogP contribution is 2.13. The number of hydrogen-bond acceptors (Lipinski definition) is 2. The molecule has 1 aromatic rings. The van der Waals surface area contributed by atoms with Crippen LogP contribution >= 0.6 is 15.9 Å². The fourth-order valence-corrected chi connectivity index (χ4v) is 2.08. The number of rotatable bonds is 6. The van der Waals surface area contributed by atoms with Crippen molar-refractivity contribution in [3.63, 3.8) is 0 Å². The maximum atomic E-state index is 12.5. The Morgan fingerprint density at radius 3 is 2.21 bits per heavy atom. The first kappa shape index (κ1) is 16.2. The van der Waals surface area contributed by atoms with E-state index in [4.69, 9.17) is 0 Å². The van der Waals surface area contributed by atoms with Crippen LogP contribution in [0.15, 0.2) is 28.7 Å². The average Bonchev–Trinajstić information content (AvgIpc) is 2.34. The van der Waals surface area contributed by atoms with E-state index in [0.717, 1.165) is 29.7 Å². The summed E-state index contributed by atoms with van der Waals surface area (Å²) in [6.45, 7) is 6.72. The van der Waals surface area contributed by atoms with Gasteiger partial charge in [0.2, 0.25) is 0 Å². The van der Waals surface area contributed by atoms with Crippen molar-refractivity contribution in [1.29, 1.82) is 0 Å². The van der Waals surface area contributed by atoms with E-state index in [-0.39, 0.29) is 5.91 Å². The van der Waals surface area contributed by atoms with Gasteiger partial charge in [0.25, 0.3) is 5.91 Å². The van der Waals surface area contributed by atoms with E-state index in [1.165, 1.54) is 0 Å². The zero-order valence-electron chi connectivity index (χ0n) is 12.2. The maximum absolute atomic E-state index is 12.5. The molecule has 0 bridgehead atoms. The summed E-state index contributed by atoms with van der Waals surface area (Å²) in [7, 11) is 4.05. The SMILES string of the molecule is CC(C)CN(CCN(C)C)C(=O)c1ccc(Br)cc1. The number of carbonyl (C=O) groups is 1. The third-order valence-electron chi connectivity index (χ3n) is 2.78. The lowest BCUT2D eigenvalue weighted by Crippen LogP contribution is -2.38. The number of amides is 1. The number of benzene rings is 1. The molecule has 3 nitrogen and oxygen atoms in total. The van der Waals surface area contributed by atoms with Crippen molar-refractivity contribution in [2.75, 3.05) is 33.7 Å². The van der Waals surface area contributed by atoms with Crippen LogP contribution in [0.1, 0.15) is 24.2 Å². The van der Waals surface area contributed by atoms with Gasteiger partial charge in [-0.2, -0.15) is 0 Å². The molecule has 0 saturated heterocycles. The number of halogens is 1. The zero-order chi connectivity index (χ0) is 14.4. The van der Waals surface area contributed by atoms with Gasteiger partial charge < -0.3 is 9.80 Å². The molecule has 0 aliphatic rings. The van der Waals surface area contributed by atoms with Gasteiger partial charge in [0.05, 0.1) is 0 Å². The largest absolute Gasteiger partial charge is 0.337 e. The Balaban J connectivity index is 2.77. The van der Waals surface area contributed by atoms with Gasteiger partial charge in [0, 0.05) is 29.7 Å². The van der Waals surface area contributed by atoms with Crippen LogP contribution in [0.3, 0.4) is 0 Å². The highest BCUT2D eigenvalue weighted by molar-refractivity contribution is 9.10. The molecule has 0 saturated carbocycles. The van der Waals surface area contributed by atoms with E-state index >= 15 is 0 Å². The predicted molar refractivity (Wildman–Crippen MR) is 83.4 cm³/mol. The summed E-state index contributed by atoms with van der Waals surface area (Å²) in [5.74, 6) is 0.588. The van der Waals surface area contributed by atoms with E-state index < -0.39 is 0 Å². The minimum Gasteiger partial charge on any atom is -0.337 e. The fraction of sp³-hybridized carbons (Fsp3) is 0.533. The normalized spacial score (nSPS) is 11.1. The lowest BCUT2D eigenvalue weighted by Gasteiger charge is -2.26. The standard InChI is InChI=1S/C15H23BrN2O/c1-12(2)11-18(10-9-17(3)4)15(19)13-5-7-14(16)8-6-13/h5-8,12H,9-11H2,1-4H3. The van der Waals surface area contributed by atoms with Crippen molar-refractivity contribution in [3.8, 4) is 0 Å². The van der Waals surface area contributed by atoms with Crippen LogP contribution < -0.4 is 0 Å². The molecular weight excluding hydrogens is 304 g/mol. The Bertz CT molecular complexity index is 401. The van der Waals surface area contributed by atoms with Crippen LogP contribution in [-0.2, 0) is 0 Å². The van der Waals surface area contributed by atoms with E-state index in [1.807, 2.05) is 43.3 Å². The molecule has 106 valence electrons. The number of nitrogens with zero attached hydrogens (tertiary/aromatic N) is 2. The molecule has 1 rings (SSSR count). The van der Waals surface area contributed by atoms with Crippen LogP contribution in [-0.4, -0.2) is 49.4 Å². The van der Waals surface area contributed by atoms with Gasteiger partial charge in [0.15, 0.2) is 0 Å². The van der Waals surface area contributed by atoms with Crippen molar-refractivity contribution < 1.29 is 4.79 Å². The summed E-state index contributed by atoms with van der Waals surface area (Å²) in [4.78, 5) is 16.5. The van der Waals surface area contributed by atoms with E-state index in [9.17, 15) is 4.79 Å². The first-order valence-electron chi connectivity index (χ1n) is 6.59. The van der Waals surface area contributed by atoms with E-state index in [1.54, 1.807) is 0 Å². The molecular formula is C15H23BrN2O. The van der Waals surface area contributed by atoms with Crippen molar-refractivity contribution in [3.05, 3.63) is 34.3 Å². The summed E-state index contributed by atoms with van der Waals surface area (Å²) in [6, 6.07) is 7.56. The van der Waals surface area contributed by atoms with Gasteiger partial charge >= 0.3 is 0 Å². The summed E-state index contributed by atoms with van der Waals surface area (Å²) < 4.78 is 0.993. The smallest absolute Gasteiger partial charge is 0.253 e. The van der Waals surface area contributed by atoms with Crippen molar-refractivity contribution in [2.45, 2.75) is 13.8 Å². The molecule has 0 aromatic heterocycles. The summed E-state index contributed by atoms with van der Waals surface area (Å²) >= 11 is 3.39. The molecule has 1 aromatic carbocycles. The van der Waals surface area contributed by atoms with Crippen molar-refractivity contribution in [2.24, 2.45) is 5.92 Å². The molecule has 0 spiro atoms. The van der Waals surface area contributed by atoms with Gasteiger partial charge in [0.1, 0.15) is 0 Å². The van der Waals surface area contributed by atoms with Crippen LogP contribution in [0.5, 0.6) is 0 Å². The second-order valence-corrected chi connectivity index (χ2v) is 6.37. The van der Waals surface area contributed by atoms with E-state index in [0.29, 0.717) is 5.92 Å². The lowest BCUT2D eigenvalue weighted by atomic mass is 10.1. The fourth-order valence-electron chi connectivity index (χ4n) is 1.81. The molecule has 0 heterocycles. The molecule has 4 heteroatoms. The predicted octanol–water partition coefficient (Wildman–Crippen LogP) is 3.11. The first-order valence-corrected chi connectivity index (χ1v) is 7.39. The van der Waals surface area contributed by atoms with Gasteiger partial charge in [-0.15, -0.1) is 0 Å². The molecule has 0 fully saturated rings. The van der Waals surface area contributed by atoms with E-state index in [2.05, 4.69) is 34.7 Å². The highest BCUT2D eigenvalue weighted by Gasteiger charge is 2.16. The number of hydrogen-bond donors (Lipinski definition) is 0. The third kappa shape index (κ3) is 5.74. The Hall–Kier alpha value is -0.870. The third-order valence-corrected chi connectivity index (χ3v) is 3.31.